The minimum Gasteiger partial charge on any atom is -0.303 e. The minimum atomic E-state index is -3.65. The van der Waals surface area contributed by atoms with Gasteiger partial charge < -0.3 is 4.89 Å². The smallest absolute Gasteiger partial charge is 0.303 e. The summed E-state index contributed by atoms with van der Waals surface area (Å²) in [7, 11) is -1.45. The van der Waals surface area contributed by atoms with E-state index in [9.17, 15) is 4.57 Å². The summed E-state index contributed by atoms with van der Waals surface area (Å²) in [6.45, 7) is 2.20. The van der Waals surface area contributed by atoms with Gasteiger partial charge in [-0.3, -0.25) is 14.0 Å². The van der Waals surface area contributed by atoms with Crippen LogP contribution in [0, 0.1) is 0 Å². The number of unbranched alkanes of at least 4 members (excludes halogenated alkanes) is 1. The summed E-state index contributed by atoms with van der Waals surface area (Å²) in [5, 5.41) is 0. The lowest BCUT2D eigenvalue weighted by Gasteiger charge is -2.01. The number of rotatable bonds is 5. The Hall–Kier alpha value is -0.740. The molecule has 0 bridgehead atoms. The van der Waals surface area contributed by atoms with Crippen molar-refractivity contribution < 1.29 is 18.5 Å². The molecule has 0 saturated carbocycles. The van der Waals surface area contributed by atoms with E-state index in [-0.39, 0.29) is 0 Å². The molecule has 0 atom stereocenters. The minimum absolute atomic E-state index is 1.10. The van der Waals surface area contributed by atoms with Gasteiger partial charge >= 0.3 is 7.82 Å². The molecule has 0 unspecified atom stereocenters. The molecule has 0 aromatic carbocycles. The molecule has 1 N–H and O–H groups in total. The Morgan fingerprint density at radius 3 is 2.35 bits per heavy atom. The van der Waals surface area contributed by atoms with Gasteiger partial charge in [-0.15, -0.1) is 0 Å². The van der Waals surface area contributed by atoms with Crippen LogP contribution in [0.1, 0.15) is 25.5 Å². The van der Waals surface area contributed by atoms with Crippen LogP contribution in [0.25, 0.3) is 0 Å². The molecular weight excluding hydrogens is 241 g/mol. The zero-order chi connectivity index (χ0) is 13.1. The van der Waals surface area contributed by atoms with Crippen molar-refractivity contribution in [3.8, 4) is 0 Å². The first-order valence-corrected chi connectivity index (χ1v) is 6.89. The predicted octanol–water partition coefficient (Wildman–Crippen LogP) is 2.80. The summed E-state index contributed by atoms with van der Waals surface area (Å²) in [5.41, 5.74) is 1.21. The molecule has 6 heteroatoms. The number of pyridine rings is 1. The quantitative estimate of drug-likeness (QED) is 0.825. The SMILES string of the molecule is CCCCc1ccccn1.COP(=O)(O)OC. The zero-order valence-electron chi connectivity index (χ0n) is 10.5. The Morgan fingerprint density at radius 2 is 2.00 bits per heavy atom. The van der Waals surface area contributed by atoms with E-state index >= 15 is 0 Å². The van der Waals surface area contributed by atoms with Gasteiger partial charge in [0.2, 0.25) is 0 Å². The van der Waals surface area contributed by atoms with Gasteiger partial charge in [-0.25, -0.2) is 4.57 Å². The second kappa shape index (κ2) is 9.31. The van der Waals surface area contributed by atoms with E-state index in [0.717, 1.165) is 20.6 Å². The van der Waals surface area contributed by atoms with Crippen LogP contribution in [0.15, 0.2) is 24.4 Å². The molecule has 17 heavy (non-hydrogen) atoms. The molecular formula is C11H20NO4P. The number of aromatic nitrogens is 1. The second-order valence-electron chi connectivity index (χ2n) is 3.26. The molecule has 1 rings (SSSR count). The standard InChI is InChI=1S/C9H13N.C2H7O4P/c1-2-3-6-9-7-4-5-8-10-9;1-5-7(3,4)6-2/h4-5,7-8H,2-3,6H2,1H3;1-2H3,(H,3,4). The van der Waals surface area contributed by atoms with Gasteiger partial charge in [0.1, 0.15) is 0 Å². The molecule has 0 radical (unpaired) electrons. The van der Waals surface area contributed by atoms with Gasteiger partial charge in [0.05, 0.1) is 0 Å². The van der Waals surface area contributed by atoms with Gasteiger partial charge in [-0.2, -0.15) is 0 Å². The molecule has 0 spiro atoms. The van der Waals surface area contributed by atoms with E-state index in [4.69, 9.17) is 4.89 Å². The molecule has 1 aromatic heterocycles. The lowest BCUT2D eigenvalue weighted by molar-refractivity contribution is 0.204. The van der Waals surface area contributed by atoms with Crippen molar-refractivity contribution in [2.24, 2.45) is 0 Å². The molecule has 0 amide bonds. The van der Waals surface area contributed by atoms with E-state index < -0.39 is 7.82 Å². The number of phosphoric acid groups is 1. The lowest BCUT2D eigenvalue weighted by Crippen LogP contribution is -1.86. The van der Waals surface area contributed by atoms with Crippen molar-refractivity contribution >= 4 is 7.82 Å². The van der Waals surface area contributed by atoms with Gasteiger partial charge in [-0.05, 0) is 25.0 Å². The highest BCUT2D eigenvalue weighted by atomic mass is 31.2. The van der Waals surface area contributed by atoms with Gasteiger partial charge in [0.25, 0.3) is 0 Å². The topological polar surface area (TPSA) is 68.7 Å². The first-order valence-electron chi connectivity index (χ1n) is 5.40. The van der Waals surface area contributed by atoms with Crippen LogP contribution < -0.4 is 0 Å². The van der Waals surface area contributed by atoms with E-state index in [2.05, 4.69) is 27.0 Å². The van der Waals surface area contributed by atoms with Crippen LogP contribution in [0.5, 0.6) is 0 Å². The third-order valence-corrected chi connectivity index (χ3v) is 2.90. The van der Waals surface area contributed by atoms with Gasteiger partial charge in [0, 0.05) is 26.1 Å². The predicted molar refractivity (Wildman–Crippen MR) is 66.7 cm³/mol. The van der Waals surface area contributed by atoms with Gasteiger partial charge in [0.15, 0.2) is 0 Å². The number of aryl methyl sites for hydroxylation is 1. The normalized spacial score (nSPS) is 10.6. The number of hydrogen-bond donors (Lipinski definition) is 1. The summed E-state index contributed by atoms with van der Waals surface area (Å²) in [6, 6.07) is 6.07. The van der Waals surface area contributed by atoms with Gasteiger partial charge in [-0.1, -0.05) is 19.4 Å². The summed E-state index contributed by atoms with van der Waals surface area (Å²) < 4.78 is 18.0. The Labute approximate surface area is 102 Å². The first kappa shape index (κ1) is 16.3. The highest BCUT2D eigenvalue weighted by molar-refractivity contribution is 7.47. The molecule has 1 heterocycles. The first-order chi connectivity index (χ1) is 8.05. The van der Waals surface area contributed by atoms with Crippen molar-refractivity contribution in [3.63, 3.8) is 0 Å². The Balaban J connectivity index is 0.000000325. The molecule has 0 aliphatic carbocycles. The second-order valence-corrected chi connectivity index (χ2v) is 4.93. The van der Waals surface area contributed by atoms with Crippen molar-refractivity contribution in [1.29, 1.82) is 0 Å². The summed E-state index contributed by atoms with van der Waals surface area (Å²) in [4.78, 5) is 12.5. The fourth-order valence-electron chi connectivity index (χ4n) is 0.978. The van der Waals surface area contributed by atoms with Crippen LogP contribution in [0.4, 0.5) is 0 Å². The van der Waals surface area contributed by atoms with E-state index in [1.807, 2.05) is 18.3 Å². The fourth-order valence-corrected chi connectivity index (χ4v) is 1.13. The van der Waals surface area contributed by atoms with Crippen LogP contribution in [0.2, 0.25) is 0 Å². The number of nitrogens with zero attached hydrogens (tertiary/aromatic N) is 1. The van der Waals surface area contributed by atoms with E-state index in [1.54, 1.807) is 0 Å². The van der Waals surface area contributed by atoms with Crippen molar-refractivity contribution in [1.82, 2.24) is 4.98 Å². The molecule has 98 valence electrons. The summed E-state index contributed by atoms with van der Waals surface area (Å²) in [6.07, 6.45) is 5.47. The van der Waals surface area contributed by atoms with Crippen LogP contribution >= 0.6 is 7.82 Å². The Morgan fingerprint density at radius 1 is 1.35 bits per heavy atom. The third kappa shape index (κ3) is 9.01. The average molecular weight is 261 g/mol. The molecule has 0 aliphatic heterocycles. The molecule has 0 saturated heterocycles. The summed E-state index contributed by atoms with van der Waals surface area (Å²) in [5.74, 6) is 0. The maximum atomic E-state index is 10.1. The van der Waals surface area contributed by atoms with Crippen molar-refractivity contribution in [2.75, 3.05) is 14.2 Å². The average Bonchev–Trinajstić information content (AvgIpc) is 2.38. The van der Waals surface area contributed by atoms with Crippen LogP contribution in [-0.4, -0.2) is 24.1 Å². The van der Waals surface area contributed by atoms with Crippen molar-refractivity contribution in [3.05, 3.63) is 30.1 Å². The Bertz CT molecular complexity index is 324. The van der Waals surface area contributed by atoms with E-state index in [1.165, 1.54) is 18.5 Å². The molecule has 1 aromatic rings. The monoisotopic (exact) mass is 261 g/mol. The lowest BCUT2D eigenvalue weighted by atomic mass is 10.2. The number of phosphoric ester groups is 1. The van der Waals surface area contributed by atoms with E-state index in [0.29, 0.717) is 0 Å². The largest absolute Gasteiger partial charge is 0.471 e. The highest BCUT2D eigenvalue weighted by Crippen LogP contribution is 2.40. The third-order valence-electron chi connectivity index (χ3n) is 1.97. The molecule has 0 fully saturated rings. The summed E-state index contributed by atoms with van der Waals surface area (Å²) >= 11 is 0. The zero-order valence-corrected chi connectivity index (χ0v) is 11.4. The number of hydrogen-bond acceptors (Lipinski definition) is 4. The van der Waals surface area contributed by atoms with Crippen LogP contribution in [-0.2, 0) is 20.0 Å². The fraction of sp³-hybridized carbons (Fsp3) is 0.545. The maximum absolute atomic E-state index is 10.1. The Kier molecular flexibility index (Phi) is 8.90. The maximum Gasteiger partial charge on any atom is 0.471 e. The van der Waals surface area contributed by atoms with Crippen LogP contribution in [0.3, 0.4) is 0 Å². The molecule has 0 aliphatic rings. The molecule has 5 nitrogen and oxygen atoms in total. The highest BCUT2D eigenvalue weighted by Gasteiger charge is 2.13. The van der Waals surface area contributed by atoms with Crippen molar-refractivity contribution in [2.45, 2.75) is 26.2 Å².